The van der Waals surface area contributed by atoms with Gasteiger partial charge in [0.15, 0.2) is 5.65 Å². The number of rotatable bonds is 2. The van der Waals surface area contributed by atoms with Gasteiger partial charge in [-0.3, -0.25) is 19.4 Å². The summed E-state index contributed by atoms with van der Waals surface area (Å²) in [5, 5.41) is 7.38. The third-order valence-corrected chi connectivity index (χ3v) is 6.09. The lowest BCUT2D eigenvalue weighted by atomic mass is 9.94. The van der Waals surface area contributed by atoms with Crippen molar-refractivity contribution in [2.45, 2.75) is 44.4 Å². The first-order chi connectivity index (χ1) is 13.6. The van der Waals surface area contributed by atoms with Crippen LogP contribution in [-0.2, 0) is 19.9 Å². The Hall–Kier alpha value is -2.90. The van der Waals surface area contributed by atoms with Crippen molar-refractivity contribution in [3.63, 3.8) is 0 Å². The molecule has 1 aliphatic carbocycles. The maximum absolute atomic E-state index is 12.9. The average Bonchev–Trinajstić information content (AvgIpc) is 3.34. The highest BCUT2D eigenvalue weighted by Crippen LogP contribution is 2.28. The highest BCUT2D eigenvalue weighted by atomic mass is 16.2. The molecule has 1 saturated heterocycles. The van der Waals surface area contributed by atoms with Gasteiger partial charge >= 0.3 is 0 Å². The van der Waals surface area contributed by atoms with Crippen LogP contribution in [-0.4, -0.2) is 48.3 Å². The summed E-state index contributed by atoms with van der Waals surface area (Å²) in [6.07, 6.45) is 7.41. The Morgan fingerprint density at radius 1 is 1.25 bits per heavy atom. The van der Waals surface area contributed by atoms with Crippen molar-refractivity contribution in [3.8, 4) is 0 Å². The Kier molecular flexibility index (Phi) is 4.07. The van der Waals surface area contributed by atoms with Crippen LogP contribution in [0.1, 0.15) is 59.0 Å². The van der Waals surface area contributed by atoms with E-state index in [1.165, 1.54) is 0 Å². The fourth-order valence-electron chi connectivity index (χ4n) is 4.55. The van der Waals surface area contributed by atoms with Crippen LogP contribution in [0, 0.1) is 0 Å². The lowest BCUT2D eigenvalue weighted by Crippen LogP contribution is -2.40. The van der Waals surface area contributed by atoms with E-state index in [0.29, 0.717) is 17.9 Å². The van der Waals surface area contributed by atoms with Crippen LogP contribution in [0.2, 0.25) is 0 Å². The number of nitrogens with zero attached hydrogens (tertiary/aromatic N) is 5. The summed E-state index contributed by atoms with van der Waals surface area (Å²) in [5.74, 6) is 0.177. The van der Waals surface area contributed by atoms with Gasteiger partial charge in [0.25, 0.3) is 11.5 Å². The van der Waals surface area contributed by atoms with Crippen molar-refractivity contribution in [1.82, 2.24) is 29.3 Å². The first-order valence-electron chi connectivity index (χ1n) is 10.0. The predicted octanol–water partition coefficient (Wildman–Crippen LogP) is 1.65. The molecule has 1 amide bonds. The minimum Gasteiger partial charge on any atom is -0.337 e. The van der Waals surface area contributed by atoms with Crippen molar-refractivity contribution in [2.24, 2.45) is 7.05 Å². The van der Waals surface area contributed by atoms with Gasteiger partial charge in [0.05, 0.1) is 5.69 Å². The third kappa shape index (κ3) is 2.75. The minimum absolute atomic E-state index is 0.00608. The lowest BCUT2D eigenvalue weighted by Gasteiger charge is -2.32. The summed E-state index contributed by atoms with van der Waals surface area (Å²) in [6, 6.07) is 3.74. The molecule has 5 rings (SSSR count). The molecule has 8 nitrogen and oxygen atoms in total. The lowest BCUT2D eigenvalue weighted by molar-refractivity contribution is 0.0694. The van der Waals surface area contributed by atoms with Gasteiger partial charge in [-0.25, -0.2) is 9.50 Å². The van der Waals surface area contributed by atoms with Gasteiger partial charge in [-0.1, -0.05) is 0 Å². The molecular formula is C20H24N6O2. The van der Waals surface area contributed by atoms with Crippen LogP contribution >= 0.6 is 0 Å². The Morgan fingerprint density at radius 2 is 2.11 bits per heavy atom. The monoisotopic (exact) mass is 380 g/mol. The van der Waals surface area contributed by atoms with E-state index in [2.05, 4.69) is 10.2 Å². The number of H-pyrrole nitrogens is 1. The summed E-state index contributed by atoms with van der Waals surface area (Å²) < 4.78 is 3.20. The fourth-order valence-corrected chi connectivity index (χ4v) is 4.55. The molecule has 3 aromatic rings. The van der Waals surface area contributed by atoms with Crippen LogP contribution in [0.15, 0.2) is 23.1 Å². The summed E-state index contributed by atoms with van der Waals surface area (Å²) in [5.41, 5.74) is 4.12. The second kappa shape index (κ2) is 6.61. The quantitative estimate of drug-likeness (QED) is 0.732. The zero-order valence-electron chi connectivity index (χ0n) is 16.0. The van der Waals surface area contributed by atoms with Gasteiger partial charge in [-0.05, 0) is 44.6 Å². The molecule has 1 unspecified atom stereocenters. The van der Waals surface area contributed by atoms with Gasteiger partial charge in [0, 0.05) is 49.6 Å². The topological polar surface area (TPSA) is 88.3 Å². The van der Waals surface area contributed by atoms with Crippen LogP contribution in [0.5, 0.6) is 0 Å². The van der Waals surface area contributed by atoms with Gasteiger partial charge < -0.3 is 4.90 Å². The summed E-state index contributed by atoms with van der Waals surface area (Å²) in [6.45, 7) is 1.37. The van der Waals surface area contributed by atoms with Gasteiger partial charge in [0.1, 0.15) is 5.69 Å². The Labute approximate surface area is 162 Å². The van der Waals surface area contributed by atoms with Crippen LogP contribution in [0.25, 0.3) is 5.65 Å². The zero-order chi connectivity index (χ0) is 19.3. The number of aromatic amines is 1. The first kappa shape index (κ1) is 17.2. The van der Waals surface area contributed by atoms with E-state index in [4.69, 9.17) is 4.98 Å². The first-order valence-corrected chi connectivity index (χ1v) is 10.0. The van der Waals surface area contributed by atoms with E-state index in [9.17, 15) is 9.59 Å². The second-order valence-corrected chi connectivity index (χ2v) is 7.88. The molecule has 2 aliphatic rings. The van der Waals surface area contributed by atoms with E-state index < -0.39 is 0 Å². The normalized spacial score (nSPS) is 19.8. The molecule has 0 spiro atoms. The average molecular weight is 380 g/mol. The number of carbonyl (C=O) groups excluding carboxylic acids is 1. The third-order valence-electron chi connectivity index (χ3n) is 6.09. The number of piperidine rings is 1. The molecule has 1 atom stereocenters. The molecule has 3 aromatic heterocycles. The van der Waals surface area contributed by atoms with Crippen molar-refractivity contribution in [3.05, 3.63) is 51.3 Å². The zero-order valence-corrected chi connectivity index (χ0v) is 16.0. The maximum atomic E-state index is 12.9. The number of amides is 1. The van der Waals surface area contributed by atoms with Gasteiger partial charge in [0.2, 0.25) is 0 Å². The number of aromatic nitrogens is 5. The summed E-state index contributed by atoms with van der Waals surface area (Å²) >= 11 is 0. The minimum atomic E-state index is 0.00608. The fraction of sp³-hybridized carbons (Fsp3) is 0.500. The van der Waals surface area contributed by atoms with Crippen molar-refractivity contribution < 1.29 is 4.79 Å². The molecule has 8 heteroatoms. The van der Waals surface area contributed by atoms with E-state index >= 15 is 0 Å². The Bertz CT molecular complexity index is 1110. The number of carbonyl (C=O) groups is 1. The molecule has 146 valence electrons. The maximum Gasteiger partial charge on any atom is 0.276 e. The standard InChI is InChI=1S/C20H24N6O2/c1-24-17(8-9-21-24)20(28)25-10-4-5-13(12-25)16-11-18-22-15-7-3-2-6-14(15)19(27)26(18)23-16/h8-9,11,13,23H,2-7,10,12H2,1H3. The molecule has 0 saturated carbocycles. The number of fused-ring (bicyclic) bond motifs is 2. The number of hydrogen-bond acceptors (Lipinski definition) is 4. The smallest absolute Gasteiger partial charge is 0.276 e. The van der Waals surface area contributed by atoms with Crippen LogP contribution in [0.4, 0.5) is 0 Å². The van der Waals surface area contributed by atoms with Gasteiger partial charge in [-0.2, -0.15) is 5.10 Å². The van der Waals surface area contributed by atoms with E-state index in [1.807, 2.05) is 11.0 Å². The molecule has 1 N–H and O–H groups in total. The molecule has 1 aliphatic heterocycles. The largest absolute Gasteiger partial charge is 0.337 e. The molecule has 0 radical (unpaired) electrons. The van der Waals surface area contributed by atoms with Gasteiger partial charge in [-0.15, -0.1) is 0 Å². The highest BCUT2D eigenvalue weighted by Gasteiger charge is 2.28. The summed E-state index contributed by atoms with van der Waals surface area (Å²) in [4.78, 5) is 32.3. The molecule has 0 aromatic carbocycles. The second-order valence-electron chi connectivity index (χ2n) is 7.88. The highest BCUT2D eigenvalue weighted by molar-refractivity contribution is 5.92. The molecular weight excluding hydrogens is 356 g/mol. The molecule has 0 bridgehead atoms. The van der Waals surface area contributed by atoms with Crippen molar-refractivity contribution in [2.75, 3.05) is 13.1 Å². The Morgan fingerprint density at radius 3 is 2.93 bits per heavy atom. The summed E-state index contributed by atoms with van der Waals surface area (Å²) in [7, 11) is 1.78. The molecule has 4 heterocycles. The molecule has 1 fully saturated rings. The SMILES string of the molecule is Cn1nccc1C(=O)N1CCCC(c2cc3nc4c(c(=O)n3[nH]2)CCCC4)C1. The predicted molar refractivity (Wildman–Crippen MR) is 104 cm³/mol. The van der Waals surface area contributed by atoms with Crippen LogP contribution < -0.4 is 5.56 Å². The number of hydrogen-bond donors (Lipinski definition) is 1. The van der Waals surface area contributed by atoms with E-state index in [-0.39, 0.29) is 17.4 Å². The van der Waals surface area contributed by atoms with E-state index in [1.54, 1.807) is 28.5 Å². The number of nitrogens with one attached hydrogen (secondary N) is 1. The Balaban J connectivity index is 1.45. The number of aryl methyl sites for hydroxylation is 2. The number of likely N-dealkylation sites (tertiary alicyclic amines) is 1. The van der Waals surface area contributed by atoms with Crippen LogP contribution in [0.3, 0.4) is 0 Å². The van der Waals surface area contributed by atoms with E-state index in [0.717, 1.165) is 62.0 Å². The van der Waals surface area contributed by atoms with Crippen molar-refractivity contribution >= 4 is 11.6 Å². The molecule has 28 heavy (non-hydrogen) atoms. The van der Waals surface area contributed by atoms with Crippen molar-refractivity contribution in [1.29, 1.82) is 0 Å².